The average Bonchev–Trinajstić information content (AvgIpc) is 3.34. The molecule has 7 heteroatoms. The predicted molar refractivity (Wildman–Crippen MR) is 110 cm³/mol. The van der Waals surface area contributed by atoms with Crippen LogP contribution in [0.25, 0.3) is 11.5 Å². The van der Waals surface area contributed by atoms with Crippen molar-refractivity contribution in [2.24, 2.45) is 0 Å². The van der Waals surface area contributed by atoms with Crippen LogP contribution in [0.4, 0.5) is 5.82 Å². The number of hydrogen-bond donors (Lipinski definition) is 1. The zero-order chi connectivity index (χ0) is 19.3. The number of carbonyl (C=O) groups is 1. The summed E-state index contributed by atoms with van der Waals surface area (Å²) >= 11 is 3.54. The van der Waals surface area contributed by atoms with Gasteiger partial charge < -0.3 is 9.73 Å². The average molecular weight is 437 g/mol. The number of carbonyl (C=O) groups excluding carboxylic acids is 1. The van der Waals surface area contributed by atoms with Gasteiger partial charge in [-0.15, -0.1) is 0 Å². The summed E-state index contributed by atoms with van der Waals surface area (Å²) in [4.78, 5) is 16.8. The van der Waals surface area contributed by atoms with Gasteiger partial charge in [-0.3, -0.25) is 4.79 Å². The van der Waals surface area contributed by atoms with E-state index < -0.39 is 0 Å². The third-order valence-electron chi connectivity index (χ3n) is 4.18. The minimum absolute atomic E-state index is 0.122. The summed E-state index contributed by atoms with van der Waals surface area (Å²) in [6.45, 7) is 0.548. The van der Waals surface area contributed by atoms with Gasteiger partial charge in [-0.25, -0.2) is 9.67 Å². The summed E-state index contributed by atoms with van der Waals surface area (Å²) in [6.07, 6.45) is 3.30. The molecule has 28 heavy (non-hydrogen) atoms. The number of amides is 1. The van der Waals surface area contributed by atoms with Gasteiger partial charge in [0.25, 0.3) is 0 Å². The van der Waals surface area contributed by atoms with Crippen LogP contribution in [0.15, 0.2) is 82.0 Å². The molecule has 0 saturated carbocycles. The zero-order valence-electron chi connectivity index (χ0n) is 14.9. The van der Waals surface area contributed by atoms with Crippen molar-refractivity contribution >= 4 is 27.7 Å². The Kier molecular flexibility index (Phi) is 5.34. The van der Waals surface area contributed by atoms with Crippen LogP contribution in [0.3, 0.4) is 0 Å². The van der Waals surface area contributed by atoms with Gasteiger partial charge in [0.05, 0.1) is 24.9 Å². The molecule has 0 spiro atoms. The maximum absolute atomic E-state index is 12.5. The molecule has 0 unspecified atom stereocenters. The molecule has 4 rings (SSSR count). The number of benzene rings is 2. The van der Waals surface area contributed by atoms with E-state index in [0.29, 0.717) is 23.9 Å². The van der Waals surface area contributed by atoms with Crippen molar-refractivity contribution in [2.45, 2.75) is 13.0 Å². The highest BCUT2D eigenvalue weighted by atomic mass is 79.9. The number of nitrogens with zero attached hydrogens (tertiary/aromatic N) is 3. The van der Waals surface area contributed by atoms with Gasteiger partial charge in [0.2, 0.25) is 11.8 Å². The molecule has 0 radical (unpaired) electrons. The van der Waals surface area contributed by atoms with E-state index in [1.807, 2.05) is 54.6 Å². The number of halogens is 1. The minimum Gasteiger partial charge on any atom is -0.444 e. The molecular formula is C21H17BrN4O2. The summed E-state index contributed by atoms with van der Waals surface area (Å²) < 4.78 is 8.23. The SMILES string of the molecule is O=C(Cc1coc(-c2ccccc2)n1)Nc1ccnn1Cc1ccccc1Br. The van der Waals surface area contributed by atoms with Crippen molar-refractivity contribution in [1.29, 1.82) is 0 Å². The van der Waals surface area contributed by atoms with Gasteiger partial charge in [0, 0.05) is 16.1 Å². The van der Waals surface area contributed by atoms with Crippen molar-refractivity contribution in [1.82, 2.24) is 14.8 Å². The number of anilines is 1. The zero-order valence-corrected chi connectivity index (χ0v) is 16.5. The number of oxazole rings is 1. The Balaban J connectivity index is 1.42. The van der Waals surface area contributed by atoms with Crippen molar-refractivity contribution < 1.29 is 9.21 Å². The molecule has 0 atom stereocenters. The monoisotopic (exact) mass is 436 g/mol. The van der Waals surface area contributed by atoms with E-state index in [-0.39, 0.29) is 12.3 Å². The summed E-state index contributed by atoms with van der Waals surface area (Å²) in [7, 11) is 0. The van der Waals surface area contributed by atoms with Crippen LogP contribution in [-0.2, 0) is 17.8 Å². The Morgan fingerprint density at radius 2 is 1.86 bits per heavy atom. The number of nitrogens with one attached hydrogen (secondary N) is 1. The largest absolute Gasteiger partial charge is 0.444 e. The van der Waals surface area contributed by atoms with Crippen LogP contribution < -0.4 is 5.32 Å². The Labute approximate surface area is 170 Å². The standard InChI is InChI=1S/C21H17BrN4O2/c22-18-9-5-4-8-16(18)13-26-19(10-11-23-26)25-20(27)12-17-14-28-21(24-17)15-6-2-1-3-7-15/h1-11,14H,12-13H2,(H,25,27). The molecule has 2 aromatic heterocycles. The van der Waals surface area contributed by atoms with Gasteiger partial charge in [-0.05, 0) is 23.8 Å². The van der Waals surface area contributed by atoms with Crippen LogP contribution in [0.5, 0.6) is 0 Å². The third-order valence-corrected chi connectivity index (χ3v) is 4.95. The van der Waals surface area contributed by atoms with E-state index in [0.717, 1.165) is 15.6 Å². The normalized spacial score (nSPS) is 10.8. The van der Waals surface area contributed by atoms with E-state index in [4.69, 9.17) is 4.42 Å². The van der Waals surface area contributed by atoms with Gasteiger partial charge in [-0.1, -0.05) is 52.3 Å². The van der Waals surface area contributed by atoms with Crippen LogP contribution in [0, 0.1) is 0 Å². The highest BCUT2D eigenvalue weighted by Crippen LogP contribution is 2.20. The third kappa shape index (κ3) is 4.20. The summed E-state index contributed by atoms with van der Waals surface area (Å²) in [5.74, 6) is 0.955. The molecule has 1 amide bonds. The molecule has 0 aliphatic carbocycles. The molecule has 4 aromatic rings. The summed E-state index contributed by atoms with van der Waals surface area (Å²) in [5, 5.41) is 7.20. The molecule has 2 aromatic carbocycles. The highest BCUT2D eigenvalue weighted by Gasteiger charge is 2.13. The van der Waals surface area contributed by atoms with E-state index in [1.54, 1.807) is 16.9 Å². The fraction of sp³-hybridized carbons (Fsp3) is 0.0952. The summed E-state index contributed by atoms with van der Waals surface area (Å²) in [5.41, 5.74) is 2.53. The van der Waals surface area contributed by atoms with E-state index in [2.05, 4.69) is 31.3 Å². The molecule has 0 saturated heterocycles. The number of hydrogen-bond acceptors (Lipinski definition) is 4. The van der Waals surface area contributed by atoms with Crippen LogP contribution in [0.2, 0.25) is 0 Å². The summed E-state index contributed by atoms with van der Waals surface area (Å²) in [6, 6.07) is 19.3. The Morgan fingerprint density at radius 3 is 2.68 bits per heavy atom. The lowest BCUT2D eigenvalue weighted by Crippen LogP contribution is -2.18. The maximum atomic E-state index is 12.5. The predicted octanol–water partition coefficient (Wildman–Crippen LogP) is 4.53. The first kappa shape index (κ1) is 18.2. The Bertz CT molecular complexity index is 1090. The quantitative estimate of drug-likeness (QED) is 0.481. The van der Waals surface area contributed by atoms with Crippen molar-refractivity contribution in [3.8, 4) is 11.5 Å². The lowest BCUT2D eigenvalue weighted by molar-refractivity contribution is -0.115. The lowest BCUT2D eigenvalue weighted by atomic mass is 10.2. The van der Waals surface area contributed by atoms with E-state index in [1.165, 1.54) is 6.26 Å². The van der Waals surface area contributed by atoms with Crippen molar-refractivity contribution in [2.75, 3.05) is 5.32 Å². The maximum Gasteiger partial charge on any atom is 0.231 e. The molecule has 2 heterocycles. The first-order chi connectivity index (χ1) is 13.7. The molecule has 6 nitrogen and oxygen atoms in total. The van der Waals surface area contributed by atoms with Gasteiger partial charge in [0.15, 0.2) is 0 Å². The van der Waals surface area contributed by atoms with Gasteiger partial charge in [0.1, 0.15) is 12.1 Å². The minimum atomic E-state index is -0.179. The second kappa shape index (κ2) is 8.22. The molecule has 0 fully saturated rings. The van der Waals surface area contributed by atoms with Crippen LogP contribution in [-0.4, -0.2) is 20.7 Å². The van der Waals surface area contributed by atoms with Crippen LogP contribution >= 0.6 is 15.9 Å². The fourth-order valence-electron chi connectivity index (χ4n) is 2.81. The van der Waals surface area contributed by atoms with Crippen molar-refractivity contribution in [3.05, 3.63) is 88.9 Å². The first-order valence-corrected chi connectivity index (χ1v) is 9.53. The van der Waals surface area contributed by atoms with Crippen LogP contribution in [0.1, 0.15) is 11.3 Å². The molecule has 0 aliphatic heterocycles. The topological polar surface area (TPSA) is 73.0 Å². The molecule has 1 N–H and O–H groups in total. The van der Waals surface area contributed by atoms with Gasteiger partial charge >= 0.3 is 0 Å². The fourth-order valence-corrected chi connectivity index (χ4v) is 3.22. The molecule has 0 bridgehead atoms. The first-order valence-electron chi connectivity index (χ1n) is 8.74. The highest BCUT2D eigenvalue weighted by molar-refractivity contribution is 9.10. The smallest absolute Gasteiger partial charge is 0.231 e. The molecule has 140 valence electrons. The Morgan fingerprint density at radius 1 is 1.07 bits per heavy atom. The van der Waals surface area contributed by atoms with E-state index >= 15 is 0 Å². The number of rotatable bonds is 6. The van der Waals surface area contributed by atoms with Gasteiger partial charge in [-0.2, -0.15) is 5.10 Å². The molecule has 0 aliphatic rings. The molecular weight excluding hydrogens is 420 g/mol. The van der Waals surface area contributed by atoms with E-state index in [9.17, 15) is 4.79 Å². The van der Waals surface area contributed by atoms with Crippen molar-refractivity contribution in [3.63, 3.8) is 0 Å². The lowest BCUT2D eigenvalue weighted by Gasteiger charge is -2.10. The second-order valence-corrected chi connectivity index (χ2v) is 7.05. The number of aromatic nitrogens is 3. The second-order valence-electron chi connectivity index (χ2n) is 6.20. The Hall–Kier alpha value is -3.19.